The molecule has 2 amide bonds. The summed E-state index contributed by atoms with van der Waals surface area (Å²) in [7, 11) is 0. The van der Waals surface area contributed by atoms with E-state index >= 15 is 0 Å². The van der Waals surface area contributed by atoms with E-state index in [1.807, 2.05) is 55.5 Å². The Balaban J connectivity index is 1.52. The van der Waals surface area contributed by atoms with Crippen LogP contribution in [-0.2, 0) is 9.59 Å². The molecule has 1 unspecified atom stereocenters. The highest BCUT2D eigenvalue weighted by Crippen LogP contribution is 2.33. The molecule has 1 atom stereocenters. The zero-order valence-corrected chi connectivity index (χ0v) is 15.8. The number of amides is 2. The van der Waals surface area contributed by atoms with Gasteiger partial charge in [-0.15, -0.1) is 0 Å². The number of aliphatic imine (C=N–C) groups is 2. The van der Waals surface area contributed by atoms with Crippen molar-refractivity contribution in [3.05, 3.63) is 59.7 Å². The Hall–Kier alpha value is -2.93. The Morgan fingerprint density at radius 1 is 1.19 bits per heavy atom. The second-order valence-electron chi connectivity index (χ2n) is 6.42. The first kappa shape index (κ1) is 17.5. The van der Waals surface area contributed by atoms with Crippen LogP contribution in [0.1, 0.15) is 18.1 Å². The van der Waals surface area contributed by atoms with Crippen molar-refractivity contribution >= 4 is 46.0 Å². The van der Waals surface area contributed by atoms with Crippen LogP contribution in [0.15, 0.2) is 58.5 Å². The predicted octanol–water partition coefficient (Wildman–Crippen LogP) is 3.35. The predicted molar refractivity (Wildman–Crippen MR) is 109 cm³/mol. The summed E-state index contributed by atoms with van der Waals surface area (Å²) >= 11 is 1.24. The van der Waals surface area contributed by atoms with Crippen molar-refractivity contribution in [1.29, 1.82) is 0 Å². The van der Waals surface area contributed by atoms with E-state index in [-0.39, 0.29) is 17.6 Å². The number of aryl methyl sites for hydroxylation is 1. The van der Waals surface area contributed by atoms with E-state index < -0.39 is 6.04 Å². The number of para-hydroxylation sites is 1. The molecule has 0 saturated carbocycles. The van der Waals surface area contributed by atoms with Crippen molar-refractivity contribution in [3.8, 4) is 0 Å². The second-order valence-corrected chi connectivity index (χ2v) is 7.36. The number of anilines is 1. The van der Waals surface area contributed by atoms with Gasteiger partial charge in [0.1, 0.15) is 11.9 Å². The van der Waals surface area contributed by atoms with Gasteiger partial charge in [-0.1, -0.05) is 41.6 Å². The molecule has 0 fully saturated rings. The second kappa shape index (κ2) is 7.00. The van der Waals surface area contributed by atoms with E-state index in [9.17, 15) is 9.59 Å². The van der Waals surface area contributed by atoms with Gasteiger partial charge in [-0.3, -0.25) is 14.6 Å². The molecule has 2 heterocycles. The monoisotopic (exact) mass is 378 g/mol. The van der Waals surface area contributed by atoms with Gasteiger partial charge in [0, 0.05) is 11.3 Å². The van der Waals surface area contributed by atoms with Gasteiger partial charge in [0.2, 0.25) is 5.91 Å². The average Bonchev–Trinajstić information content (AvgIpc) is 2.97. The number of benzene rings is 2. The maximum Gasteiger partial charge on any atom is 0.258 e. The van der Waals surface area contributed by atoms with Crippen molar-refractivity contribution in [1.82, 2.24) is 4.90 Å². The van der Waals surface area contributed by atoms with E-state index in [0.29, 0.717) is 11.0 Å². The van der Waals surface area contributed by atoms with E-state index in [4.69, 9.17) is 0 Å². The van der Waals surface area contributed by atoms with Crippen LogP contribution in [0.25, 0.3) is 0 Å². The normalized spacial score (nSPS) is 17.8. The van der Waals surface area contributed by atoms with Gasteiger partial charge in [-0.05, 0) is 38.1 Å². The molecular formula is C20H18N4O2S. The number of thioether (sulfide) groups is 1. The number of rotatable bonds is 3. The van der Waals surface area contributed by atoms with E-state index in [2.05, 4.69) is 15.3 Å². The van der Waals surface area contributed by atoms with Crippen molar-refractivity contribution in [3.63, 3.8) is 0 Å². The molecule has 0 saturated heterocycles. The lowest BCUT2D eigenvalue weighted by Crippen LogP contribution is -2.41. The van der Waals surface area contributed by atoms with Crippen molar-refractivity contribution < 1.29 is 9.59 Å². The zero-order chi connectivity index (χ0) is 19.0. The third kappa shape index (κ3) is 3.38. The highest BCUT2D eigenvalue weighted by atomic mass is 32.2. The van der Waals surface area contributed by atoms with E-state index in [1.165, 1.54) is 16.7 Å². The Kier molecular flexibility index (Phi) is 4.53. The highest BCUT2D eigenvalue weighted by Gasteiger charge is 2.39. The molecule has 0 aromatic heterocycles. The lowest BCUT2D eigenvalue weighted by molar-refractivity contribution is -0.124. The number of amidine groups is 2. The Morgan fingerprint density at radius 2 is 1.93 bits per heavy atom. The van der Waals surface area contributed by atoms with Gasteiger partial charge in [-0.2, -0.15) is 0 Å². The minimum atomic E-state index is -0.446. The molecule has 0 bridgehead atoms. The first-order valence-corrected chi connectivity index (χ1v) is 9.60. The van der Waals surface area contributed by atoms with Gasteiger partial charge in [-0.25, -0.2) is 9.89 Å². The number of hydrogen-bond acceptors (Lipinski definition) is 5. The summed E-state index contributed by atoms with van der Waals surface area (Å²) in [4.78, 5) is 35.4. The van der Waals surface area contributed by atoms with E-state index in [1.54, 1.807) is 6.92 Å². The fourth-order valence-corrected chi connectivity index (χ4v) is 3.74. The number of carbonyl (C=O) groups excluding carboxylic acids is 2. The molecule has 0 aliphatic carbocycles. The van der Waals surface area contributed by atoms with Crippen LogP contribution in [0.3, 0.4) is 0 Å². The molecule has 1 N–H and O–H groups in total. The number of fused-ring (bicyclic) bond motifs is 3. The lowest BCUT2D eigenvalue weighted by Gasteiger charge is -2.25. The lowest BCUT2D eigenvalue weighted by atomic mass is 10.1. The molecule has 6 nitrogen and oxygen atoms in total. The quantitative estimate of drug-likeness (QED) is 0.890. The first-order valence-electron chi connectivity index (χ1n) is 8.62. The SMILES string of the molecule is Cc1ccc(NC(=O)CSC2=Nc3ccccc3C3=NC(C)C(=O)N23)cc1. The summed E-state index contributed by atoms with van der Waals surface area (Å²) in [6.07, 6.45) is 0. The molecule has 7 heteroatoms. The summed E-state index contributed by atoms with van der Waals surface area (Å²) < 4.78 is 0. The number of nitrogens with zero attached hydrogens (tertiary/aromatic N) is 3. The van der Waals surface area contributed by atoms with Crippen LogP contribution in [0, 0.1) is 6.92 Å². The summed E-state index contributed by atoms with van der Waals surface area (Å²) in [6, 6.07) is 14.7. The van der Waals surface area contributed by atoms with Crippen LogP contribution >= 0.6 is 11.8 Å². The Labute approximate surface area is 161 Å². The van der Waals surface area contributed by atoms with Crippen LogP contribution in [0.5, 0.6) is 0 Å². The fraction of sp³-hybridized carbons (Fsp3) is 0.200. The van der Waals surface area contributed by atoms with E-state index in [0.717, 1.165) is 22.5 Å². The van der Waals surface area contributed by atoms with Crippen LogP contribution in [-0.4, -0.2) is 39.5 Å². The third-order valence-corrected chi connectivity index (χ3v) is 5.26. The smallest absolute Gasteiger partial charge is 0.258 e. The first-order chi connectivity index (χ1) is 13.0. The molecule has 2 aromatic rings. The average molecular weight is 378 g/mol. The molecule has 2 aliphatic heterocycles. The Bertz CT molecular complexity index is 982. The van der Waals surface area contributed by atoms with Crippen LogP contribution in [0.2, 0.25) is 0 Å². The number of nitrogens with one attached hydrogen (secondary N) is 1. The molecule has 27 heavy (non-hydrogen) atoms. The number of carbonyl (C=O) groups is 2. The van der Waals surface area contributed by atoms with Gasteiger partial charge in [0.05, 0.1) is 11.4 Å². The topological polar surface area (TPSA) is 74.1 Å². The summed E-state index contributed by atoms with van der Waals surface area (Å²) in [6.45, 7) is 3.76. The molecule has 0 spiro atoms. The summed E-state index contributed by atoms with van der Waals surface area (Å²) in [5.74, 6) is 0.494. The molecular weight excluding hydrogens is 360 g/mol. The molecule has 4 rings (SSSR count). The Morgan fingerprint density at radius 3 is 2.70 bits per heavy atom. The van der Waals surface area contributed by atoms with Crippen LogP contribution < -0.4 is 5.32 Å². The van der Waals surface area contributed by atoms with Crippen molar-refractivity contribution in [2.45, 2.75) is 19.9 Å². The highest BCUT2D eigenvalue weighted by molar-refractivity contribution is 8.14. The van der Waals surface area contributed by atoms with Gasteiger partial charge in [0.15, 0.2) is 5.17 Å². The molecule has 2 aliphatic rings. The molecule has 136 valence electrons. The number of hydrogen-bond donors (Lipinski definition) is 1. The van der Waals surface area contributed by atoms with Crippen LogP contribution in [0.4, 0.5) is 11.4 Å². The minimum absolute atomic E-state index is 0.121. The zero-order valence-electron chi connectivity index (χ0n) is 15.0. The molecule has 2 aromatic carbocycles. The summed E-state index contributed by atoms with van der Waals surface area (Å²) in [5, 5.41) is 3.35. The third-order valence-electron chi connectivity index (χ3n) is 4.33. The van der Waals surface area contributed by atoms with Crippen molar-refractivity contribution in [2.75, 3.05) is 11.1 Å². The fourth-order valence-electron chi connectivity index (χ4n) is 2.94. The maximum absolute atomic E-state index is 12.5. The molecule has 0 radical (unpaired) electrons. The van der Waals surface area contributed by atoms with Gasteiger partial charge < -0.3 is 5.32 Å². The summed E-state index contributed by atoms with van der Waals surface area (Å²) in [5.41, 5.74) is 3.47. The minimum Gasteiger partial charge on any atom is -0.325 e. The maximum atomic E-state index is 12.5. The standard InChI is InChI=1S/C20H18N4O2S/c1-12-7-9-14(10-8-12)22-17(25)11-27-20-23-16-6-4-3-5-15(16)18-21-13(2)19(26)24(18)20/h3-10,13H,11H2,1-2H3,(H,22,25). The van der Waals surface area contributed by atoms with Crippen molar-refractivity contribution in [2.24, 2.45) is 9.98 Å². The van der Waals surface area contributed by atoms with Gasteiger partial charge >= 0.3 is 0 Å². The largest absolute Gasteiger partial charge is 0.325 e. The van der Waals surface area contributed by atoms with Gasteiger partial charge in [0.25, 0.3) is 5.91 Å².